The van der Waals surface area contributed by atoms with E-state index >= 15 is 0 Å². The zero-order chi connectivity index (χ0) is 13.0. The van der Waals surface area contributed by atoms with Gasteiger partial charge in [0, 0.05) is 0 Å². The zero-order valence-electron chi connectivity index (χ0n) is 9.82. The molecule has 0 radical (unpaired) electrons. The first-order valence-electron chi connectivity index (χ1n) is 5.41. The fourth-order valence-electron chi connectivity index (χ4n) is 1.55. The lowest BCUT2D eigenvalue weighted by atomic mass is 10.2. The molecular weight excluding hydrogens is 254 g/mol. The van der Waals surface area contributed by atoms with Gasteiger partial charge in [-0.25, -0.2) is 8.78 Å². The summed E-state index contributed by atoms with van der Waals surface area (Å²) in [5.74, 6) is -1.34. The molecule has 0 aromatic heterocycles. The van der Waals surface area contributed by atoms with Gasteiger partial charge in [0.2, 0.25) is 0 Å². The smallest absolute Gasteiger partial charge is 0.176 e. The van der Waals surface area contributed by atoms with Crippen molar-refractivity contribution in [1.29, 1.82) is 0 Å². The Morgan fingerprint density at radius 1 is 1.06 bits per heavy atom. The Kier molecular flexibility index (Phi) is 4.20. The molecule has 0 saturated carbocycles. The lowest BCUT2D eigenvalue weighted by molar-refractivity contribution is 0.293. The van der Waals surface area contributed by atoms with Crippen LogP contribution in [0.3, 0.4) is 0 Å². The van der Waals surface area contributed by atoms with Crippen LogP contribution in [0.5, 0.6) is 5.75 Å². The van der Waals surface area contributed by atoms with Crippen LogP contribution in [0.4, 0.5) is 8.78 Å². The van der Waals surface area contributed by atoms with E-state index in [-0.39, 0.29) is 4.90 Å². The number of hydrogen-bond donors (Lipinski definition) is 0. The maximum atomic E-state index is 13.5. The predicted octanol–water partition coefficient (Wildman–Crippen LogP) is 4.27. The van der Waals surface area contributed by atoms with E-state index in [0.29, 0.717) is 12.4 Å². The summed E-state index contributed by atoms with van der Waals surface area (Å²) in [4.78, 5) is 0.200. The first kappa shape index (κ1) is 12.9. The minimum atomic E-state index is -0.855. The van der Waals surface area contributed by atoms with Crippen LogP contribution in [-0.4, -0.2) is 6.26 Å². The average Bonchev–Trinajstić information content (AvgIpc) is 2.41. The largest absolute Gasteiger partial charge is 0.488 e. The number of hydrogen-bond acceptors (Lipinski definition) is 2. The Morgan fingerprint density at radius 2 is 1.78 bits per heavy atom. The fourth-order valence-corrected chi connectivity index (χ4v) is 2.16. The second kappa shape index (κ2) is 5.87. The molecule has 94 valence electrons. The van der Waals surface area contributed by atoms with Gasteiger partial charge in [-0.2, -0.15) is 0 Å². The normalized spacial score (nSPS) is 10.4. The van der Waals surface area contributed by atoms with Crippen molar-refractivity contribution < 1.29 is 13.5 Å². The standard InChI is InChI=1S/C14H12F2OS/c1-18-14-12(8-7-11(15)13(14)16)17-9-10-5-3-2-4-6-10/h2-8H,9H2,1H3. The van der Waals surface area contributed by atoms with Crippen LogP contribution >= 0.6 is 11.8 Å². The molecule has 1 nitrogen and oxygen atoms in total. The minimum Gasteiger partial charge on any atom is -0.488 e. The van der Waals surface area contributed by atoms with E-state index in [1.807, 2.05) is 30.3 Å². The summed E-state index contributed by atoms with van der Waals surface area (Å²) in [6, 6.07) is 12.1. The maximum Gasteiger partial charge on any atom is 0.176 e. The van der Waals surface area contributed by atoms with E-state index in [1.54, 1.807) is 6.26 Å². The quantitative estimate of drug-likeness (QED) is 0.764. The summed E-state index contributed by atoms with van der Waals surface area (Å²) in [6.45, 7) is 0.333. The average molecular weight is 266 g/mol. The molecule has 0 aliphatic heterocycles. The third-order valence-electron chi connectivity index (χ3n) is 2.46. The van der Waals surface area contributed by atoms with Gasteiger partial charge in [-0.3, -0.25) is 0 Å². The van der Waals surface area contributed by atoms with Gasteiger partial charge in [-0.05, 0) is 24.0 Å². The van der Waals surface area contributed by atoms with Crippen LogP contribution in [0.25, 0.3) is 0 Å². The van der Waals surface area contributed by atoms with Crippen molar-refractivity contribution in [2.45, 2.75) is 11.5 Å². The molecular formula is C14H12F2OS. The van der Waals surface area contributed by atoms with Crippen molar-refractivity contribution in [3.63, 3.8) is 0 Å². The Morgan fingerprint density at radius 3 is 2.44 bits per heavy atom. The minimum absolute atomic E-state index is 0.200. The van der Waals surface area contributed by atoms with Crippen molar-refractivity contribution in [1.82, 2.24) is 0 Å². The van der Waals surface area contributed by atoms with E-state index in [9.17, 15) is 8.78 Å². The molecule has 0 aliphatic carbocycles. The summed E-state index contributed by atoms with van der Waals surface area (Å²) < 4.78 is 32.1. The van der Waals surface area contributed by atoms with Crippen molar-refractivity contribution in [3.05, 3.63) is 59.7 Å². The van der Waals surface area contributed by atoms with E-state index in [4.69, 9.17) is 4.74 Å². The number of halogens is 2. The molecule has 0 saturated heterocycles. The van der Waals surface area contributed by atoms with E-state index < -0.39 is 11.6 Å². The van der Waals surface area contributed by atoms with E-state index in [2.05, 4.69) is 0 Å². The van der Waals surface area contributed by atoms with Crippen LogP contribution < -0.4 is 4.74 Å². The Balaban J connectivity index is 2.17. The Hall–Kier alpha value is -1.55. The highest BCUT2D eigenvalue weighted by atomic mass is 32.2. The second-order valence-electron chi connectivity index (χ2n) is 3.67. The molecule has 0 N–H and O–H groups in total. The molecule has 2 aromatic rings. The molecule has 0 fully saturated rings. The summed E-state index contributed by atoms with van der Waals surface area (Å²) in [6.07, 6.45) is 1.69. The molecule has 0 heterocycles. The predicted molar refractivity (Wildman–Crippen MR) is 68.9 cm³/mol. The van der Waals surface area contributed by atoms with Gasteiger partial charge in [0.1, 0.15) is 12.4 Å². The Labute approximate surface area is 109 Å². The fraction of sp³-hybridized carbons (Fsp3) is 0.143. The topological polar surface area (TPSA) is 9.23 Å². The first-order valence-corrected chi connectivity index (χ1v) is 6.63. The second-order valence-corrected chi connectivity index (χ2v) is 4.48. The van der Waals surface area contributed by atoms with Gasteiger partial charge < -0.3 is 4.74 Å². The highest BCUT2D eigenvalue weighted by Gasteiger charge is 2.13. The molecule has 0 unspecified atom stereocenters. The number of rotatable bonds is 4. The summed E-state index contributed by atoms with van der Waals surface area (Å²) >= 11 is 1.13. The van der Waals surface area contributed by atoms with Crippen LogP contribution in [0.15, 0.2) is 47.4 Å². The van der Waals surface area contributed by atoms with E-state index in [1.165, 1.54) is 6.07 Å². The third kappa shape index (κ3) is 2.82. The lowest BCUT2D eigenvalue weighted by Crippen LogP contribution is -1.99. The molecule has 4 heteroatoms. The van der Waals surface area contributed by atoms with E-state index in [0.717, 1.165) is 23.4 Å². The third-order valence-corrected chi connectivity index (χ3v) is 3.24. The summed E-state index contributed by atoms with van der Waals surface area (Å²) in [5.41, 5.74) is 0.981. The van der Waals surface area contributed by atoms with Gasteiger partial charge in [0.15, 0.2) is 11.6 Å². The summed E-state index contributed by atoms with van der Waals surface area (Å²) in [7, 11) is 0. The van der Waals surface area contributed by atoms with Crippen molar-refractivity contribution in [3.8, 4) is 5.75 Å². The summed E-state index contributed by atoms with van der Waals surface area (Å²) in [5, 5.41) is 0. The van der Waals surface area contributed by atoms with Gasteiger partial charge >= 0.3 is 0 Å². The molecule has 18 heavy (non-hydrogen) atoms. The first-order chi connectivity index (χ1) is 8.72. The SMILES string of the molecule is CSc1c(OCc2ccccc2)ccc(F)c1F. The number of thioether (sulfide) groups is 1. The highest BCUT2D eigenvalue weighted by molar-refractivity contribution is 7.98. The molecule has 2 rings (SSSR count). The molecule has 2 aromatic carbocycles. The number of benzene rings is 2. The van der Waals surface area contributed by atoms with Crippen molar-refractivity contribution >= 4 is 11.8 Å². The zero-order valence-corrected chi connectivity index (χ0v) is 10.6. The maximum absolute atomic E-state index is 13.5. The molecule has 0 amide bonds. The van der Waals surface area contributed by atoms with Crippen molar-refractivity contribution in [2.75, 3.05) is 6.26 Å². The molecule has 0 aliphatic rings. The van der Waals surface area contributed by atoms with Crippen LogP contribution in [0.1, 0.15) is 5.56 Å². The molecule has 0 atom stereocenters. The highest BCUT2D eigenvalue weighted by Crippen LogP contribution is 2.32. The molecule has 0 bridgehead atoms. The lowest BCUT2D eigenvalue weighted by Gasteiger charge is -2.11. The van der Waals surface area contributed by atoms with Crippen molar-refractivity contribution in [2.24, 2.45) is 0 Å². The van der Waals surface area contributed by atoms with Crippen LogP contribution in [-0.2, 0) is 6.61 Å². The van der Waals surface area contributed by atoms with Gasteiger partial charge in [0.05, 0.1) is 4.90 Å². The van der Waals surface area contributed by atoms with Crippen LogP contribution in [0, 0.1) is 11.6 Å². The van der Waals surface area contributed by atoms with Gasteiger partial charge in [-0.1, -0.05) is 30.3 Å². The van der Waals surface area contributed by atoms with Crippen LogP contribution in [0.2, 0.25) is 0 Å². The van der Waals surface area contributed by atoms with Gasteiger partial charge in [-0.15, -0.1) is 11.8 Å². The molecule has 0 spiro atoms. The Bertz CT molecular complexity index is 529. The number of ether oxygens (including phenoxy) is 1. The van der Waals surface area contributed by atoms with Gasteiger partial charge in [0.25, 0.3) is 0 Å². The monoisotopic (exact) mass is 266 g/mol.